The first-order valence-electron chi connectivity index (χ1n) is 6.22. The van der Waals surface area contributed by atoms with Gasteiger partial charge in [-0.1, -0.05) is 25.4 Å². The van der Waals surface area contributed by atoms with Crippen LogP contribution in [0.1, 0.15) is 26.1 Å². The molecule has 1 rings (SSSR count). The van der Waals surface area contributed by atoms with Gasteiger partial charge in [0.05, 0.1) is 0 Å². The zero-order valence-electron chi connectivity index (χ0n) is 12.0. The van der Waals surface area contributed by atoms with Crippen molar-refractivity contribution in [2.45, 2.75) is 26.9 Å². The molecule has 0 saturated heterocycles. The zero-order valence-corrected chi connectivity index (χ0v) is 12.8. The molecule has 0 aliphatic rings. The van der Waals surface area contributed by atoms with E-state index in [1.165, 1.54) is 0 Å². The average molecular weight is 288 g/mol. The van der Waals surface area contributed by atoms with Crippen molar-refractivity contribution in [1.29, 1.82) is 0 Å². The van der Waals surface area contributed by atoms with Crippen LogP contribution < -0.4 is 5.32 Å². The Labute approximate surface area is 119 Å². The summed E-state index contributed by atoms with van der Waals surface area (Å²) < 4.78 is 10.1. The van der Waals surface area contributed by atoms with Gasteiger partial charge < -0.3 is 14.8 Å². The molecular weight excluding hydrogens is 266 g/mol. The molecule has 1 aromatic heterocycles. The minimum atomic E-state index is 0.120. The number of halogens is 1. The molecule has 19 heavy (non-hydrogen) atoms. The molecular formula is C13H22ClN3O2. The Morgan fingerprint density at radius 3 is 2.63 bits per heavy atom. The molecule has 0 saturated carbocycles. The molecule has 0 aromatic carbocycles. The lowest BCUT2D eigenvalue weighted by atomic mass is 9.90. The molecule has 0 aliphatic heterocycles. The summed E-state index contributed by atoms with van der Waals surface area (Å²) in [5, 5.41) is 3.70. The Morgan fingerprint density at radius 2 is 2.00 bits per heavy atom. The van der Waals surface area contributed by atoms with Gasteiger partial charge in [0.1, 0.15) is 17.6 Å². The summed E-state index contributed by atoms with van der Waals surface area (Å²) in [6.45, 7) is 6.24. The van der Waals surface area contributed by atoms with Crippen molar-refractivity contribution in [3.05, 3.63) is 17.0 Å². The van der Waals surface area contributed by atoms with Crippen molar-refractivity contribution in [2.75, 3.05) is 32.7 Å². The molecule has 0 radical (unpaired) electrons. The molecule has 0 spiro atoms. The van der Waals surface area contributed by atoms with Gasteiger partial charge in [-0.25, -0.2) is 9.97 Å². The second-order valence-corrected chi connectivity index (χ2v) is 5.57. The summed E-state index contributed by atoms with van der Waals surface area (Å²) >= 11 is 5.95. The third-order valence-corrected chi connectivity index (χ3v) is 2.94. The van der Waals surface area contributed by atoms with E-state index in [4.69, 9.17) is 21.1 Å². The van der Waals surface area contributed by atoms with Crippen molar-refractivity contribution >= 4 is 17.4 Å². The van der Waals surface area contributed by atoms with Crippen molar-refractivity contribution in [2.24, 2.45) is 5.41 Å². The standard InChI is InChI=1S/C13H22ClN3O2/c1-13(2,5-6-18-3)9-15-11-7-10(14)16-12(17-11)8-19-4/h7H,5-6,8-9H2,1-4H3,(H,15,16,17). The van der Waals surface area contributed by atoms with E-state index in [1.807, 2.05) is 0 Å². The first-order chi connectivity index (χ1) is 8.96. The number of hydrogen-bond acceptors (Lipinski definition) is 5. The van der Waals surface area contributed by atoms with Crippen LogP contribution in [0.5, 0.6) is 0 Å². The summed E-state index contributed by atoms with van der Waals surface area (Å²) in [7, 11) is 3.32. The quantitative estimate of drug-likeness (QED) is 0.745. The zero-order chi connectivity index (χ0) is 14.3. The predicted molar refractivity (Wildman–Crippen MR) is 76.5 cm³/mol. The lowest BCUT2D eigenvalue weighted by Crippen LogP contribution is -2.25. The Hall–Kier alpha value is -0.910. The Balaban J connectivity index is 2.61. The maximum absolute atomic E-state index is 5.95. The molecule has 0 bridgehead atoms. The number of nitrogens with one attached hydrogen (secondary N) is 1. The van der Waals surface area contributed by atoms with E-state index in [1.54, 1.807) is 20.3 Å². The highest BCUT2D eigenvalue weighted by atomic mass is 35.5. The topological polar surface area (TPSA) is 56.3 Å². The van der Waals surface area contributed by atoms with E-state index < -0.39 is 0 Å². The summed E-state index contributed by atoms with van der Waals surface area (Å²) in [4.78, 5) is 8.43. The molecule has 0 atom stereocenters. The number of nitrogens with zero attached hydrogens (tertiary/aromatic N) is 2. The Morgan fingerprint density at radius 1 is 1.26 bits per heavy atom. The van der Waals surface area contributed by atoms with Gasteiger partial charge in [0.2, 0.25) is 0 Å². The van der Waals surface area contributed by atoms with Crippen LogP contribution in [0, 0.1) is 5.41 Å². The van der Waals surface area contributed by atoms with Crippen LogP contribution in [-0.4, -0.2) is 37.3 Å². The highest BCUT2D eigenvalue weighted by molar-refractivity contribution is 6.29. The fourth-order valence-electron chi connectivity index (χ4n) is 1.55. The number of aromatic nitrogens is 2. The first-order valence-corrected chi connectivity index (χ1v) is 6.60. The summed E-state index contributed by atoms with van der Waals surface area (Å²) in [5.74, 6) is 1.30. The van der Waals surface area contributed by atoms with Crippen molar-refractivity contribution in [1.82, 2.24) is 9.97 Å². The molecule has 6 heteroatoms. The molecule has 0 fully saturated rings. The third-order valence-electron chi connectivity index (χ3n) is 2.75. The van der Waals surface area contributed by atoms with Gasteiger partial charge in [0.15, 0.2) is 5.82 Å². The summed E-state index contributed by atoms with van der Waals surface area (Å²) in [6, 6.07) is 1.72. The number of hydrogen-bond donors (Lipinski definition) is 1. The third kappa shape index (κ3) is 6.18. The highest BCUT2D eigenvalue weighted by Crippen LogP contribution is 2.21. The number of rotatable bonds is 8. The minimum Gasteiger partial charge on any atom is -0.385 e. The maximum Gasteiger partial charge on any atom is 0.158 e. The van der Waals surface area contributed by atoms with Crippen LogP contribution in [-0.2, 0) is 16.1 Å². The van der Waals surface area contributed by atoms with E-state index in [-0.39, 0.29) is 5.41 Å². The van der Waals surface area contributed by atoms with Crippen molar-refractivity contribution in [3.8, 4) is 0 Å². The molecule has 0 amide bonds. The second kappa shape index (κ2) is 7.62. The Bertz CT molecular complexity index is 399. The van der Waals surface area contributed by atoms with Gasteiger partial charge >= 0.3 is 0 Å². The highest BCUT2D eigenvalue weighted by Gasteiger charge is 2.17. The van der Waals surface area contributed by atoms with E-state index in [2.05, 4.69) is 29.1 Å². The maximum atomic E-state index is 5.95. The van der Waals surface area contributed by atoms with Crippen LogP contribution in [0.25, 0.3) is 0 Å². The summed E-state index contributed by atoms with van der Waals surface area (Å²) in [5.41, 5.74) is 0.120. The molecule has 0 unspecified atom stereocenters. The normalized spacial score (nSPS) is 11.6. The van der Waals surface area contributed by atoms with E-state index in [0.717, 1.165) is 25.4 Å². The van der Waals surface area contributed by atoms with Gasteiger partial charge in [-0.3, -0.25) is 0 Å². The van der Waals surface area contributed by atoms with Crippen LogP contribution in [0.15, 0.2) is 6.07 Å². The van der Waals surface area contributed by atoms with E-state index in [9.17, 15) is 0 Å². The fraction of sp³-hybridized carbons (Fsp3) is 0.692. The van der Waals surface area contributed by atoms with Gasteiger partial charge in [-0.05, 0) is 11.8 Å². The monoisotopic (exact) mass is 287 g/mol. The smallest absolute Gasteiger partial charge is 0.158 e. The Kier molecular flexibility index (Phi) is 6.48. The molecule has 108 valence electrons. The molecule has 1 aromatic rings. The minimum absolute atomic E-state index is 0.120. The van der Waals surface area contributed by atoms with Crippen LogP contribution in [0.2, 0.25) is 5.15 Å². The number of ether oxygens (including phenoxy) is 2. The lowest BCUT2D eigenvalue weighted by Gasteiger charge is -2.24. The first kappa shape index (κ1) is 16.1. The van der Waals surface area contributed by atoms with Crippen molar-refractivity contribution in [3.63, 3.8) is 0 Å². The van der Waals surface area contributed by atoms with E-state index >= 15 is 0 Å². The van der Waals surface area contributed by atoms with Gasteiger partial charge in [-0.15, -0.1) is 0 Å². The molecule has 1 heterocycles. The second-order valence-electron chi connectivity index (χ2n) is 5.19. The summed E-state index contributed by atoms with van der Waals surface area (Å²) in [6.07, 6.45) is 0.972. The van der Waals surface area contributed by atoms with E-state index in [0.29, 0.717) is 17.6 Å². The van der Waals surface area contributed by atoms with Crippen molar-refractivity contribution < 1.29 is 9.47 Å². The number of anilines is 1. The van der Waals surface area contributed by atoms with Crippen LogP contribution in [0.4, 0.5) is 5.82 Å². The largest absolute Gasteiger partial charge is 0.385 e. The SMILES string of the molecule is COCCC(C)(C)CNc1cc(Cl)nc(COC)n1. The number of methoxy groups -OCH3 is 2. The molecule has 0 aliphatic carbocycles. The van der Waals surface area contributed by atoms with Gasteiger partial charge in [-0.2, -0.15) is 0 Å². The van der Waals surface area contributed by atoms with Crippen LogP contribution in [0.3, 0.4) is 0 Å². The van der Waals surface area contributed by atoms with Crippen LogP contribution >= 0.6 is 11.6 Å². The lowest BCUT2D eigenvalue weighted by molar-refractivity contribution is 0.157. The molecule has 5 nitrogen and oxygen atoms in total. The van der Waals surface area contributed by atoms with Gasteiger partial charge in [0, 0.05) is 33.4 Å². The predicted octanol–water partition coefficient (Wildman–Crippen LogP) is 2.75. The van der Waals surface area contributed by atoms with Gasteiger partial charge in [0.25, 0.3) is 0 Å². The fourth-order valence-corrected chi connectivity index (χ4v) is 1.75. The average Bonchev–Trinajstić information content (AvgIpc) is 2.34. The molecule has 1 N–H and O–H groups in total.